The summed E-state index contributed by atoms with van der Waals surface area (Å²) in [6, 6.07) is 0. The average Bonchev–Trinajstić information content (AvgIpc) is 3.51. The maximum atomic E-state index is 12.1. The van der Waals surface area contributed by atoms with Crippen molar-refractivity contribution in [2.24, 2.45) is 5.92 Å². The lowest BCUT2D eigenvalue weighted by molar-refractivity contribution is -0.146. The van der Waals surface area contributed by atoms with E-state index in [1.807, 2.05) is 0 Å². The monoisotopic (exact) mass is 408 g/mol. The largest absolute Gasteiger partial charge is 0.463 e. The molecule has 1 heterocycles. The molecule has 1 fully saturated rings. The van der Waals surface area contributed by atoms with E-state index in [0.717, 1.165) is 25.7 Å². The molecule has 1 rings (SSSR count). The fourth-order valence-corrected chi connectivity index (χ4v) is 3.81. The standard InChI is InChI=1S/C26H48O3/c1-4-7-9-10-11-12-13-14-15-16-17-18-19-21-24-25(29-24)26(27)28-22-23(6-3)20-8-5-2/h14-15,23-25H,4-13,16-22H2,1-3H3/b15-14-. The Balaban J connectivity index is 1.91. The number of ether oxygens (including phenoxy) is 2. The van der Waals surface area contributed by atoms with Crippen molar-refractivity contribution in [2.75, 3.05) is 6.61 Å². The molecule has 3 unspecified atom stereocenters. The molecule has 1 aliphatic heterocycles. The molecule has 3 nitrogen and oxygen atoms in total. The van der Waals surface area contributed by atoms with Gasteiger partial charge in [0.2, 0.25) is 0 Å². The summed E-state index contributed by atoms with van der Waals surface area (Å²) >= 11 is 0. The SMILES string of the molecule is CCCCCCCC/C=C\CCCCCC1OC1C(=O)OCC(CC)CCCC. The number of hydrogen-bond acceptors (Lipinski definition) is 3. The van der Waals surface area contributed by atoms with Gasteiger partial charge in [0.1, 0.15) is 0 Å². The van der Waals surface area contributed by atoms with E-state index in [1.165, 1.54) is 77.0 Å². The first-order chi connectivity index (χ1) is 14.2. The second kappa shape index (κ2) is 18.0. The van der Waals surface area contributed by atoms with Gasteiger partial charge in [0, 0.05) is 0 Å². The van der Waals surface area contributed by atoms with Gasteiger partial charge in [-0.2, -0.15) is 0 Å². The summed E-state index contributed by atoms with van der Waals surface area (Å²) in [6.45, 7) is 7.21. The molecule has 1 aliphatic rings. The molecule has 0 aromatic rings. The molecule has 0 spiro atoms. The Morgan fingerprint density at radius 1 is 0.862 bits per heavy atom. The highest BCUT2D eigenvalue weighted by molar-refractivity contribution is 5.77. The zero-order chi connectivity index (χ0) is 21.2. The Morgan fingerprint density at radius 3 is 2.14 bits per heavy atom. The van der Waals surface area contributed by atoms with Crippen molar-refractivity contribution in [3.63, 3.8) is 0 Å². The Bertz CT molecular complexity index is 418. The van der Waals surface area contributed by atoms with Crippen LogP contribution in [0.25, 0.3) is 0 Å². The van der Waals surface area contributed by atoms with Crippen LogP contribution in [0.3, 0.4) is 0 Å². The predicted octanol–water partition coefficient (Wildman–Crippen LogP) is 7.77. The third-order valence-electron chi connectivity index (χ3n) is 6.07. The van der Waals surface area contributed by atoms with Crippen LogP contribution in [0.1, 0.15) is 124 Å². The zero-order valence-corrected chi connectivity index (χ0v) is 19.6. The van der Waals surface area contributed by atoms with Gasteiger partial charge in [0.15, 0.2) is 6.10 Å². The van der Waals surface area contributed by atoms with Gasteiger partial charge in [0.05, 0.1) is 12.7 Å². The molecule has 0 radical (unpaired) electrons. The highest BCUT2D eigenvalue weighted by atomic mass is 16.6. The van der Waals surface area contributed by atoms with E-state index in [2.05, 4.69) is 32.9 Å². The van der Waals surface area contributed by atoms with Crippen molar-refractivity contribution in [3.05, 3.63) is 12.2 Å². The number of hydrogen-bond donors (Lipinski definition) is 0. The normalized spacial score (nSPS) is 19.6. The lowest BCUT2D eigenvalue weighted by Gasteiger charge is -2.13. The van der Waals surface area contributed by atoms with Crippen molar-refractivity contribution in [1.82, 2.24) is 0 Å². The molecular formula is C26H48O3. The van der Waals surface area contributed by atoms with Gasteiger partial charge in [-0.05, 0) is 44.4 Å². The molecule has 0 saturated carbocycles. The molecule has 0 aliphatic carbocycles. The fourth-order valence-electron chi connectivity index (χ4n) is 3.81. The predicted molar refractivity (Wildman–Crippen MR) is 123 cm³/mol. The molecule has 1 saturated heterocycles. The van der Waals surface area contributed by atoms with Gasteiger partial charge in [-0.1, -0.05) is 97.1 Å². The van der Waals surface area contributed by atoms with Crippen LogP contribution < -0.4 is 0 Å². The number of esters is 1. The van der Waals surface area contributed by atoms with E-state index in [-0.39, 0.29) is 18.2 Å². The highest BCUT2D eigenvalue weighted by Gasteiger charge is 2.45. The van der Waals surface area contributed by atoms with E-state index >= 15 is 0 Å². The van der Waals surface area contributed by atoms with Crippen LogP contribution >= 0.6 is 0 Å². The molecule has 3 atom stereocenters. The second-order valence-electron chi connectivity index (χ2n) is 8.81. The summed E-state index contributed by atoms with van der Waals surface area (Å²) in [6.07, 6.45) is 24.5. The molecule has 0 aromatic carbocycles. The summed E-state index contributed by atoms with van der Waals surface area (Å²) in [5, 5.41) is 0. The van der Waals surface area contributed by atoms with Gasteiger partial charge in [0.25, 0.3) is 0 Å². The van der Waals surface area contributed by atoms with Gasteiger partial charge in [-0.3, -0.25) is 0 Å². The van der Waals surface area contributed by atoms with Crippen LogP contribution in [0.4, 0.5) is 0 Å². The fraction of sp³-hybridized carbons (Fsp3) is 0.885. The van der Waals surface area contributed by atoms with Crippen molar-refractivity contribution < 1.29 is 14.3 Å². The summed E-state index contributed by atoms with van der Waals surface area (Å²) in [7, 11) is 0. The smallest absolute Gasteiger partial charge is 0.338 e. The molecule has 3 heteroatoms. The van der Waals surface area contributed by atoms with Crippen LogP contribution in [-0.2, 0) is 14.3 Å². The van der Waals surface area contributed by atoms with E-state index in [4.69, 9.17) is 9.47 Å². The van der Waals surface area contributed by atoms with E-state index in [0.29, 0.717) is 12.5 Å². The van der Waals surface area contributed by atoms with Gasteiger partial charge >= 0.3 is 5.97 Å². The van der Waals surface area contributed by atoms with Crippen LogP contribution in [-0.4, -0.2) is 24.8 Å². The molecular weight excluding hydrogens is 360 g/mol. The van der Waals surface area contributed by atoms with Crippen LogP contribution in [0.2, 0.25) is 0 Å². The first-order valence-corrected chi connectivity index (χ1v) is 12.7. The Hall–Kier alpha value is -0.830. The first kappa shape index (κ1) is 26.2. The van der Waals surface area contributed by atoms with Gasteiger partial charge in [-0.15, -0.1) is 0 Å². The van der Waals surface area contributed by atoms with Crippen LogP contribution in [0, 0.1) is 5.92 Å². The molecule has 0 aromatic heterocycles. The minimum absolute atomic E-state index is 0.112. The number of rotatable bonds is 20. The quantitative estimate of drug-likeness (QED) is 0.0893. The maximum absolute atomic E-state index is 12.1. The van der Waals surface area contributed by atoms with Crippen LogP contribution in [0.15, 0.2) is 12.2 Å². The van der Waals surface area contributed by atoms with Gasteiger partial charge < -0.3 is 9.47 Å². The first-order valence-electron chi connectivity index (χ1n) is 12.7. The number of unbranched alkanes of at least 4 members (excludes halogenated alkanes) is 10. The van der Waals surface area contributed by atoms with Crippen molar-refractivity contribution >= 4 is 5.97 Å². The molecule has 0 N–H and O–H groups in total. The average molecular weight is 409 g/mol. The summed E-state index contributed by atoms with van der Waals surface area (Å²) < 4.78 is 11.0. The maximum Gasteiger partial charge on any atom is 0.338 e. The van der Waals surface area contributed by atoms with Gasteiger partial charge in [-0.25, -0.2) is 4.79 Å². The third-order valence-corrected chi connectivity index (χ3v) is 6.07. The minimum Gasteiger partial charge on any atom is -0.463 e. The van der Waals surface area contributed by atoms with Crippen LogP contribution in [0.5, 0.6) is 0 Å². The lowest BCUT2D eigenvalue weighted by Crippen LogP contribution is -2.19. The van der Waals surface area contributed by atoms with Crippen molar-refractivity contribution in [3.8, 4) is 0 Å². The summed E-state index contributed by atoms with van der Waals surface area (Å²) in [5.41, 5.74) is 0. The van der Waals surface area contributed by atoms with E-state index in [9.17, 15) is 4.79 Å². The summed E-state index contributed by atoms with van der Waals surface area (Å²) in [5.74, 6) is 0.368. The number of epoxide rings is 1. The molecule has 170 valence electrons. The third kappa shape index (κ3) is 13.9. The summed E-state index contributed by atoms with van der Waals surface area (Å²) in [4.78, 5) is 12.1. The van der Waals surface area contributed by atoms with E-state index < -0.39 is 0 Å². The topological polar surface area (TPSA) is 38.8 Å². The van der Waals surface area contributed by atoms with E-state index in [1.54, 1.807) is 0 Å². The lowest BCUT2D eigenvalue weighted by atomic mass is 10.0. The minimum atomic E-state index is -0.282. The molecule has 0 bridgehead atoms. The Kier molecular flexibility index (Phi) is 16.2. The Morgan fingerprint density at radius 2 is 1.48 bits per heavy atom. The molecule has 29 heavy (non-hydrogen) atoms. The van der Waals surface area contributed by atoms with Crippen molar-refractivity contribution in [2.45, 2.75) is 136 Å². The Labute approximate surface area is 181 Å². The number of allylic oxidation sites excluding steroid dienone is 2. The zero-order valence-electron chi connectivity index (χ0n) is 19.6. The highest BCUT2D eigenvalue weighted by Crippen LogP contribution is 2.29. The number of carbonyl (C=O) groups excluding carboxylic acids is 1. The molecule has 0 amide bonds. The number of carbonyl (C=O) groups is 1. The van der Waals surface area contributed by atoms with Crippen molar-refractivity contribution in [1.29, 1.82) is 0 Å². The second-order valence-corrected chi connectivity index (χ2v) is 8.81.